The van der Waals surface area contributed by atoms with Gasteiger partial charge in [0.2, 0.25) is 5.95 Å². The number of methoxy groups -OCH3 is 1. The van der Waals surface area contributed by atoms with Crippen LogP contribution in [-0.2, 0) is 11.3 Å². The van der Waals surface area contributed by atoms with Crippen molar-refractivity contribution in [3.63, 3.8) is 0 Å². The number of aryl methyl sites for hydroxylation is 1. The van der Waals surface area contributed by atoms with Crippen molar-refractivity contribution >= 4 is 28.6 Å². The Morgan fingerprint density at radius 1 is 1.21 bits per heavy atom. The summed E-state index contributed by atoms with van der Waals surface area (Å²) in [6, 6.07) is 9.45. The molecule has 2 N–H and O–H groups in total. The van der Waals surface area contributed by atoms with E-state index in [0.717, 1.165) is 16.9 Å². The first-order valence-corrected chi connectivity index (χ1v) is 9.69. The maximum absolute atomic E-state index is 13.0. The molecule has 1 saturated heterocycles. The van der Waals surface area contributed by atoms with Crippen LogP contribution in [-0.4, -0.2) is 58.9 Å². The van der Waals surface area contributed by atoms with Crippen LogP contribution in [0.15, 0.2) is 41.3 Å². The Bertz CT molecular complexity index is 1070. The Morgan fingerprint density at radius 2 is 2.03 bits per heavy atom. The molecule has 0 spiro atoms. The number of aromatic nitrogens is 4. The minimum atomic E-state index is -0.126. The summed E-state index contributed by atoms with van der Waals surface area (Å²) >= 11 is 0. The van der Waals surface area contributed by atoms with Crippen LogP contribution in [0.3, 0.4) is 0 Å². The average molecular weight is 395 g/mol. The maximum Gasteiger partial charge on any atom is 0.293 e. The van der Waals surface area contributed by atoms with Crippen LogP contribution >= 0.6 is 0 Å². The van der Waals surface area contributed by atoms with Crippen LogP contribution in [0.25, 0.3) is 11.0 Å². The lowest BCUT2D eigenvalue weighted by Crippen LogP contribution is -2.37. The minimum absolute atomic E-state index is 0.0975. The predicted octanol–water partition coefficient (Wildman–Crippen LogP) is 1.56. The van der Waals surface area contributed by atoms with Gasteiger partial charge in [-0.3, -0.25) is 4.79 Å². The molecule has 0 bridgehead atoms. The summed E-state index contributed by atoms with van der Waals surface area (Å²) in [4.78, 5) is 28.4. The Kier molecular flexibility index (Phi) is 5.30. The van der Waals surface area contributed by atoms with Crippen LogP contribution in [0.1, 0.15) is 6.92 Å². The molecule has 0 aliphatic carbocycles. The molecule has 0 amide bonds. The van der Waals surface area contributed by atoms with Crippen molar-refractivity contribution in [1.29, 1.82) is 0 Å². The van der Waals surface area contributed by atoms with Crippen molar-refractivity contribution in [2.75, 3.05) is 42.8 Å². The van der Waals surface area contributed by atoms with Crippen LogP contribution in [0.4, 0.5) is 17.6 Å². The third kappa shape index (κ3) is 3.61. The SMILES string of the molecule is CCn1c(=O)c(N[C@@H]2CN(c3ccnc(NC)n3)C[C@@H]2OC)nc2ccccc21. The van der Waals surface area contributed by atoms with E-state index in [-0.39, 0.29) is 17.7 Å². The van der Waals surface area contributed by atoms with Gasteiger partial charge in [0.15, 0.2) is 5.82 Å². The average Bonchev–Trinajstić information content (AvgIpc) is 3.17. The molecule has 1 aromatic carbocycles. The van der Waals surface area contributed by atoms with E-state index in [0.29, 0.717) is 31.4 Å². The third-order valence-corrected chi connectivity index (χ3v) is 5.25. The van der Waals surface area contributed by atoms with E-state index in [9.17, 15) is 4.79 Å². The first kappa shape index (κ1) is 19.1. The van der Waals surface area contributed by atoms with Gasteiger partial charge in [-0.05, 0) is 25.1 Å². The standard InChI is InChI=1S/C20H25N7O2/c1-4-27-15-8-6-5-7-13(15)23-18(19(27)28)24-14-11-26(12-16(14)29-3)17-9-10-22-20(21-2)25-17/h5-10,14,16H,4,11-12H2,1-3H3,(H,23,24)(H,21,22,25)/t14-,16+/m1/s1. The van der Waals surface area contributed by atoms with Gasteiger partial charge in [-0.1, -0.05) is 12.1 Å². The van der Waals surface area contributed by atoms with Gasteiger partial charge < -0.3 is 24.8 Å². The fraction of sp³-hybridized carbons (Fsp3) is 0.400. The lowest BCUT2D eigenvalue weighted by Gasteiger charge is -2.19. The normalized spacial score (nSPS) is 18.9. The van der Waals surface area contributed by atoms with E-state index in [1.165, 1.54) is 0 Å². The van der Waals surface area contributed by atoms with Crippen molar-refractivity contribution in [1.82, 2.24) is 19.5 Å². The Balaban J connectivity index is 1.63. The molecule has 152 valence electrons. The largest absolute Gasteiger partial charge is 0.377 e. The molecule has 9 nitrogen and oxygen atoms in total. The summed E-state index contributed by atoms with van der Waals surface area (Å²) in [7, 11) is 3.47. The number of anilines is 3. The second-order valence-electron chi connectivity index (χ2n) is 6.92. The van der Waals surface area contributed by atoms with Gasteiger partial charge >= 0.3 is 0 Å². The predicted molar refractivity (Wildman–Crippen MR) is 114 cm³/mol. The number of nitrogens with one attached hydrogen (secondary N) is 2. The molecule has 2 aromatic heterocycles. The van der Waals surface area contributed by atoms with E-state index in [1.807, 2.05) is 37.3 Å². The van der Waals surface area contributed by atoms with Gasteiger partial charge in [-0.15, -0.1) is 0 Å². The van der Waals surface area contributed by atoms with Gasteiger partial charge in [0, 0.05) is 40.0 Å². The van der Waals surface area contributed by atoms with E-state index < -0.39 is 0 Å². The minimum Gasteiger partial charge on any atom is -0.377 e. The zero-order valence-corrected chi connectivity index (χ0v) is 16.8. The smallest absolute Gasteiger partial charge is 0.293 e. The topological polar surface area (TPSA) is 97.2 Å². The summed E-state index contributed by atoms with van der Waals surface area (Å²) in [5.41, 5.74) is 1.50. The number of hydrogen-bond donors (Lipinski definition) is 2. The molecular formula is C20H25N7O2. The molecule has 0 radical (unpaired) electrons. The van der Waals surface area contributed by atoms with Crippen molar-refractivity contribution in [2.45, 2.75) is 25.6 Å². The summed E-state index contributed by atoms with van der Waals surface area (Å²) < 4.78 is 7.43. The van der Waals surface area contributed by atoms with Crippen molar-refractivity contribution in [3.05, 3.63) is 46.9 Å². The number of ether oxygens (including phenoxy) is 1. The number of para-hydroxylation sites is 2. The molecule has 3 aromatic rings. The molecule has 4 rings (SSSR count). The monoisotopic (exact) mass is 395 g/mol. The Hall–Kier alpha value is -3.20. The quantitative estimate of drug-likeness (QED) is 0.649. The van der Waals surface area contributed by atoms with E-state index in [1.54, 1.807) is 24.9 Å². The molecule has 29 heavy (non-hydrogen) atoms. The van der Waals surface area contributed by atoms with E-state index in [4.69, 9.17) is 4.74 Å². The highest BCUT2D eigenvalue weighted by molar-refractivity contribution is 5.76. The highest BCUT2D eigenvalue weighted by Gasteiger charge is 2.34. The number of benzene rings is 1. The lowest BCUT2D eigenvalue weighted by molar-refractivity contribution is 0.113. The van der Waals surface area contributed by atoms with Crippen LogP contribution in [0.2, 0.25) is 0 Å². The van der Waals surface area contributed by atoms with Crippen molar-refractivity contribution < 1.29 is 4.74 Å². The highest BCUT2D eigenvalue weighted by atomic mass is 16.5. The number of nitrogens with zero attached hydrogens (tertiary/aromatic N) is 5. The molecule has 0 unspecified atom stereocenters. The number of hydrogen-bond acceptors (Lipinski definition) is 8. The summed E-state index contributed by atoms with van der Waals surface area (Å²) in [5, 5.41) is 6.29. The molecule has 1 fully saturated rings. The fourth-order valence-electron chi connectivity index (χ4n) is 3.76. The Morgan fingerprint density at radius 3 is 2.79 bits per heavy atom. The zero-order valence-electron chi connectivity index (χ0n) is 16.8. The molecule has 0 saturated carbocycles. The first-order valence-electron chi connectivity index (χ1n) is 9.69. The van der Waals surface area contributed by atoms with Crippen LogP contribution < -0.4 is 21.1 Å². The van der Waals surface area contributed by atoms with E-state index >= 15 is 0 Å². The van der Waals surface area contributed by atoms with Crippen molar-refractivity contribution in [3.8, 4) is 0 Å². The highest BCUT2D eigenvalue weighted by Crippen LogP contribution is 2.23. The van der Waals surface area contributed by atoms with Crippen LogP contribution in [0.5, 0.6) is 0 Å². The maximum atomic E-state index is 13.0. The summed E-state index contributed by atoms with van der Waals surface area (Å²) in [5.74, 6) is 1.72. The molecule has 9 heteroatoms. The second kappa shape index (κ2) is 8.04. The van der Waals surface area contributed by atoms with Gasteiger partial charge in [0.25, 0.3) is 5.56 Å². The van der Waals surface area contributed by atoms with Gasteiger partial charge in [0.05, 0.1) is 23.2 Å². The number of rotatable bonds is 6. The second-order valence-corrected chi connectivity index (χ2v) is 6.92. The molecule has 1 aliphatic rings. The van der Waals surface area contributed by atoms with Crippen LogP contribution in [0, 0.1) is 0 Å². The van der Waals surface area contributed by atoms with Gasteiger partial charge in [-0.2, -0.15) is 4.98 Å². The fourth-order valence-corrected chi connectivity index (χ4v) is 3.76. The third-order valence-electron chi connectivity index (χ3n) is 5.25. The molecule has 2 atom stereocenters. The molecule has 1 aliphatic heterocycles. The molecule has 3 heterocycles. The first-order chi connectivity index (χ1) is 14.1. The summed E-state index contributed by atoms with van der Waals surface area (Å²) in [6.07, 6.45) is 1.62. The Labute approximate surface area is 168 Å². The van der Waals surface area contributed by atoms with Gasteiger partial charge in [-0.25, -0.2) is 9.97 Å². The summed E-state index contributed by atoms with van der Waals surface area (Å²) in [6.45, 7) is 3.83. The molecular weight excluding hydrogens is 370 g/mol. The van der Waals surface area contributed by atoms with E-state index in [2.05, 4.69) is 30.5 Å². The van der Waals surface area contributed by atoms with Crippen molar-refractivity contribution in [2.24, 2.45) is 0 Å². The number of fused-ring (bicyclic) bond motifs is 1. The zero-order chi connectivity index (χ0) is 20.4. The lowest BCUT2D eigenvalue weighted by atomic mass is 10.2. The van der Waals surface area contributed by atoms with Gasteiger partial charge in [0.1, 0.15) is 5.82 Å².